The summed E-state index contributed by atoms with van der Waals surface area (Å²) in [5, 5.41) is 5.16. The lowest BCUT2D eigenvalue weighted by Crippen LogP contribution is -2.12. The fraction of sp³-hybridized carbons (Fsp3) is 0.412. The van der Waals surface area contributed by atoms with Crippen LogP contribution < -0.4 is 0 Å². The first-order chi connectivity index (χ1) is 32.9. The largest absolute Gasteiger partial charge is 0.353 e. The number of H-pyrrole nitrogens is 2. The molecule has 0 fully saturated rings. The summed E-state index contributed by atoms with van der Waals surface area (Å²) in [5.74, 6) is 0. The number of fused-ring (bicyclic) bond motifs is 6. The zero-order chi connectivity index (χ0) is 51.5. The third-order valence-corrected chi connectivity index (χ3v) is 15.5. The van der Waals surface area contributed by atoms with Gasteiger partial charge in [0.2, 0.25) is 0 Å². The van der Waals surface area contributed by atoms with E-state index in [-0.39, 0.29) is 32.5 Å². The van der Waals surface area contributed by atoms with Crippen molar-refractivity contribution in [3.8, 4) is 44.8 Å². The predicted molar refractivity (Wildman–Crippen MR) is 312 cm³/mol. The molecule has 0 spiro atoms. The van der Waals surface area contributed by atoms with Gasteiger partial charge < -0.3 is 14.5 Å². The van der Waals surface area contributed by atoms with E-state index < -0.39 is 0 Å². The first kappa shape index (κ1) is 50.2. The molecule has 0 bridgehead atoms. The van der Waals surface area contributed by atoms with Crippen molar-refractivity contribution in [2.45, 2.75) is 183 Å². The predicted octanol–water partition coefficient (Wildman–Crippen LogP) is 20.0. The van der Waals surface area contributed by atoms with E-state index in [2.05, 4.69) is 255 Å². The highest BCUT2D eigenvalue weighted by atomic mass is 15.0. The highest BCUT2D eigenvalue weighted by Crippen LogP contribution is 2.47. The third kappa shape index (κ3) is 9.33. The van der Waals surface area contributed by atoms with E-state index in [1.807, 2.05) is 0 Å². The molecule has 0 aliphatic rings. The van der Waals surface area contributed by atoms with E-state index in [0.29, 0.717) is 0 Å². The van der Waals surface area contributed by atoms with E-state index in [4.69, 9.17) is 0 Å². The summed E-state index contributed by atoms with van der Waals surface area (Å²) in [6, 6.07) is 43.3. The molecule has 9 aromatic rings. The lowest BCUT2D eigenvalue weighted by Gasteiger charge is -2.23. The Morgan fingerprint density at radius 2 is 0.592 bits per heavy atom. The molecule has 0 aliphatic heterocycles. The molecule has 0 unspecified atom stereocenters. The second-order valence-corrected chi connectivity index (χ2v) is 27.3. The number of hydrogen-bond donors (Lipinski definition) is 2. The Kier molecular flexibility index (Phi) is 12.1. The number of rotatable bonds is 7. The van der Waals surface area contributed by atoms with Crippen molar-refractivity contribution >= 4 is 43.6 Å². The lowest BCUT2D eigenvalue weighted by molar-refractivity contribution is 0.590. The van der Waals surface area contributed by atoms with E-state index >= 15 is 0 Å². The van der Waals surface area contributed by atoms with Gasteiger partial charge in [0.25, 0.3) is 0 Å². The Hall–Kier alpha value is -5.80. The second kappa shape index (κ2) is 17.2. The number of nitrogens with one attached hydrogen (secondary N) is 2. The molecule has 2 N–H and O–H groups in total. The maximum absolute atomic E-state index is 4.15. The Bertz CT molecular complexity index is 3230. The lowest BCUT2D eigenvalue weighted by atomic mass is 9.82. The fourth-order valence-corrected chi connectivity index (χ4v) is 10.6. The van der Waals surface area contributed by atoms with Crippen LogP contribution in [0, 0.1) is 0 Å². The van der Waals surface area contributed by atoms with E-state index in [0.717, 1.165) is 19.4 Å². The minimum absolute atomic E-state index is 0.0341. The van der Waals surface area contributed by atoms with Crippen molar-refractivity contribution in [2.75, 3.05) is 0 Å². The number of aromatic amines is 2. The monoisotopic (exact) mass is 942 g/mol. The molecule has 3 heterocycles. The molecule has 0 saturated heterocycles. The third-order valence-electron chi connectivity index (χ3n) is 15.5. The maximum atomic E-state index is 4.15. The minimum atomic E-state index is -0.0717. The molecule has 6 aromatic carbocycles. The summed E-state index contributed by atoms with van der Waals surface area (Å²) in [6.07, 6.45) is 2.18. The number of aromatic nitrogens is 3. The van der Waals surface area contributed by atoms with Gasteiger partial charge in [-0.25, -0.2) is 0 Å². The molecule has 0 aliphatic carbocycles. The summed E-state index contributed by atoms with van der Waals surface area (Å²) in [4.78, 5) is 8.31. The van der Waals surface area contributed by atoms with Crippen LogP contribution in [0.2, 0.25) is 0 Å². The van der Waals surface area contributed by atoms with Crippen molar-refractivity contribution in [3.63, 3.8) is 0 Å². The minimum Gasteiger partial charge on any atom is -0.353 e. The molecule has 0 amide bonds. The van der Waals surface area contributed by atoms with Crippen LogP contribution in [0.3, 0.4) is 0 Å². The molecule has 9 rings (SSSR count). The van der Waals surface area contributed by atoms with Gasteiger partial charge in [0.1, 0.15) is 0 Å². The fourth-order valence-electron chi connectivity index (χ4n) is 10.6. The average molecular weight is 942 g/mol. The summed E-state index contributed by atoms with van der Waals surface area (Å²) in [6.45, 7) is 45.2. The molecule has 0 atom stereocenters. The van der Waals surface area contributed by atoms with Crippen LogP contribution in [0.15, 0.2) is 109 Å². The van der Waals surface area contributed by atoms with Crippen molar-refractivity contribution in [1.82, 2.24) is 14.5 Å². The normalized spacial score (nSPS) is 13.5. The number of nitrogens with zero attached hydrogens (tertiary/aromatic N) is 1. The van der Waals surface area contributed by atoms with Crippen LogP contribution in [0.4, 0.5) is 0 Å². The van der Waals surface area contributed by atoms with Gasteiger partial charge >= 0.3 is 0 Å². The Labute approximate surface area is 426 Å². The van der Waals surface area contributed by atoms with Crippen molar-refractivity contribution in [2.24, 2.45) is 0 Å². The van der Waals surface area contributed by atoms with Gasteiger partial charge in [-0.15, -0.1) is 0 Å². The van der Waals surface area contributed by atoms with Gasteiger partial charge in [-0.1, -0.05) is 187 Å². The molecule has 0 radical (unpaired) electrons. The summed E-state index contributed by atoms with van der Waals surface area (Å²) < 4.78 is 2.66. The van der Waals surface area contributed by atoms with Crippen LogP contribution in [0.1, 0.15) is 178 Å². The zero-order valence-corrected chi connectivity index (χ0v) is 47.0. The molecular weight excluding hydrogens is 859 g/mol. The first-order valence-corrected chi connectivity index (χ1v) is 26.6. The highest BCUT2D eigenvalue weighted by molar-refractivity contribution is 6.17. The van der Waals surface area contributed by atoms with Gasteiger partial charge in [-0.3, -0.25) is 0 Å². The SMILES string of the molecule is CCCCn1c(-c2cc(C(C)(C)C)cc3c2[nH]c2c(-c4ccc(C(C)(C)C)cc4)cc(C(C)(C)C)cc23)ccc1-c1cc(C(C)(C)C)cc2c1[nH]c1c(-c3ccc(C(C)(C)C)cc3)cc(C(C)(C)C)cc12. The first-order valence-electron chi connectivity index (χ1n) is 26.6. The van der Waals surface area contributed by atoms with Crippen molar-refractivity contribution in [1.29, 1.82) is 0 Å². The Morgan fingerprint density at radius 3 is 0.859 bits per heavy atom. The second-order valence-electron chi connectivity index (χ2n) is 27.3. The van der Waals surface area contributed by atoms with Crippen LogP contribution in [0.25, 0.3) is 88.4 Å². The van der Waals surface area contributed by atoms with Crippen LogP contribution in [0.5, 0.6) is 0 Å². The average Bonchev–Trinajstić information content (AvgIpc) is 3.99. The summed E-state index contributed by atoms with van der Waals surface area (Å²) in [7, 11) is 0. The number of hydrogen-bond acceptors (Lipinski definition) is 0. The van der Waals surface area contributed by atoms with Gasteiger partial charge in [-0.2, -0.15) is 0 Å². The quantitative estimate of drug-likeness (QED) is 0.160. The van der Waals surface area contributed by atoms with Crippen LogP contribution in [-0.4, -0.2) is 14.5 Å². The van der Waals surface area contributed by atoms with E-state index in [1.54, 1.807) is 0 Å². The number of benzene rings is 6. The smallest absolute Gasteiger partial charge is 0.0559 e. The van der Waals surface area contributed by atoms with E-state index in [1.165, 1.54) is 122 Å². The van der Waals surface area contributed by atoms with Gasteiger partial charge in [0.15, 0.2) is 0 Å². The van der Waals surface area contributed by atoms with E-state index in [9.17, 15) is 0 Å². The van der Waals surface area contributed by atoms with Crippen molar-refractivity contribution in [3.05, 3.63) is 143 Å². The molecule has 3 nitrogen and oxygen atoms in total. The molecule has 0 saturated carbocycles. The standard InChI is InChI=1S/C68H83N3/c1-20-21-32-71-57(55-39-47(67(14,15)16)37-53-51-35-45(65(8,9)10)33-49(59(51)69-61(53)55)41-22-26-43(27-23-41)63(2,3)4)30-31-58(71)56-40-48(68(17,18)19)38-54-52-36-46(66(11,12)13)34-50(60(52)70-62(54)56)42-24-28-44(29-25-42)64(5,6)7/h22-31,33-40,69-70H,20-21,32H2,1-19H3. The van der Waals surface area contributed by atoms with Crippen molar-refractivity contribution < 1.29 is 0 Å². The Balaban J connectivity index is 1.35. The topological polar surface area (TPSA) is 36.5 Å². The Morgan fingerprint density at radius 1 is 0.324 bits per heavy atom. The number of unbranched alkanes of at least 4 members (excludes halogenated alkanes) is 1. The van der Waals surface area contributed by atoms with Gasteiger partial charge in [0, 0.05) is 50.3 Å². The van der Waals surface area contributed by atoms with Gasteiger partial charge in [-0.05, 0) is 144 Å². The van der Waals surface area contributed by atoms with Crippen LogP contribution in [-0.2, 0) is 39.0 Å². The molecule has 3 aromatic heterocycles. The molecule has 370 valence electrons. The zero-order valence-electron chi connectivity index (χ0n) is 47.0. The highest BCUT2D eigenvalue weighted by Gasteiger charge is 2.28. The van der Waals surface area contributed by atoms with Gasteiger partial charge in [0.05, 0.1) is 33.5 Å². The summed E-state index contributed by atoms with van der Waals surface area (Å²) >= 11 is 0. The van der Waals surface area contributed by atoms with Crippen LogP contribution >= 0.6 is 0 Å². The molecule has 71 heavy (non-hydrogen) atoms. The molecule has 3 heteroatoms. The summed E-state index contributed by atoms with van der Waals surface area (Å²) in [5.41, 5.74) is 22.8. The molecular formula is C68H83N3. The maximum Gasteiger partial charge on any atom is 0.0559 e.